The van der Waals surface area contributed by atoms with E-state index in [9.17, 15) is 24.3 Å². The number of pyridine rings is 1. The number of hydrogen-bond donors (Lipinski definition) is 1. The van der Waals surface area contributed by atoms with Gasteiger partial charge in [-0.25, -0.2) is 4.79 Å². The van der Waals surface area contributed by atoms with Crippen LogP contribution in [0.15, 0.2) is 24.5 Å². The van der Waals surface area contributed by atoms with Gasteiger partial charge in [-0.05, 0) is 19.1 Å². The molecule has 1 N–H and O–H groups in total. The van der Waals surface area contributed by atoms with Crippen LogP contribution in [-0.4, -0.2) is 49.9 Å². The van der Waals surface area contributed by atoms with E-state index in [4.69, 9.17) is 0 Å². The molecule has 0 aliphatic carbocycles. The Hall–Kier alpha value is -2.26. The zero-order chi connectivity index (χ0) is 16.3. The van der Waals surface area contributed by atoms with E-state index >= 15 is 0 Å². The normalized spacial score (nSPS) is 21.7. The van der Waals surface area contributed by atoms with Gasteiger partial charge in [0.1, 0.15) is 11.3 Å². The first kappa shape index (κ1) is 16.1. The lowest BCUT2D eigenvalue weighted by Crippen LogP contribution is -2.63. The van der Waals surface area contributed by atoms with Gasteiger partial charge in [0, 0.05) is 18.0 Å². The molecule has 0 aromatic carbocycles. The minimum absolute atomic E-state index is 0.0896. The summed E-state index contributed by atoms with van der Waals surface area (Å²) >= 11 is 0.713. The van der Waals surface area contributed by atoms with E-state index < -0.39 is 34.4 Å². The van der Waals surface area contributed by atoms with Crippen LogP contribution in [0.4, 0.5) is 0 Å². The molecule has 1 aliphatic rings. The molecule has 0 spiro atoms. The number of hydrogen-bond acceptors (Lipinski definition) is 8. The molecule has 8 nitrogen and oxygen atoms in total. The van der Waals surface area contributed by atoms with Crippen molar-refractivity contribution in [2.75, 3.05) is 0 Å². The Balaban J connectivity index is 2.13. The molecular formula is C13H12N2O6S. The van der Waals surface area contributed by atoms with Crippen LogP contribution < -0.4 is 0 Å². The van der Waals surface area contributed by atoms with Gasteiger partial charge in [-0.1, -0.05) is 11.8 Å². The molecule has 0 unspecified atom stereocenters. The molecule has 1 aromatic rings. The fraction of sp³-hybridized carbons (Fsp3) is 0.308. The van der Waals surface area contributed by atoms with Crippen molar-refractivity contribution in [3.05, 3.63) is 30.1 Å². The highest BCUT2D eigenvalue weighted by Crippen LogP contribution is 2.38. The number of aliphatic hydroxyl groups excluding tert-OH is 1. The lowest BCUT2D eigenvalue weighted by atomic mass is 9.95. The Morgan fingerprint density at radius 1 is 1.55 bits per heavy atom. The second kappa shape index (κ2) is 6.67. The van der Waals surface area contributed by atoms with E-state index in [0.29, 0.717) is 22.4 Å². The van der Waals surface area contributed by atoms with Crippen molar-refractivity contribution in [2.45, 2.75) is 18.4 Å². The van der Waals surface area contributed by atoms with Gasteiger partial charge in [-0.3, -0.25) is 19.4 Å². The fourth-order valence-corrected chi connectivity index (χ4v) is 3.11. The van der Waals surface area contributed by atoms with Crippen LogP contribution in [0.1, 0.15) is 17.3 Å². The van der Waals surface area contributed by atoms with Crippen molar-refractivity contribution >= 4 is 35.0 Å². The van der Waals surface area contributed by atoms with Crippen LogP contribution in [0.5, 0.6) is 0 Å². The quantitative estimate of drug-likeness (QED) is 0.449. The van der Waals surface area contributed by atoms with E-state index in [-0.39, 0.29) is 6.29 Å². The van der Waals surface area contributed by atoms with Gasteiger partial charge in [-0.15, -0.1) is 0 Å². The summed E-state index contributed by atoms with van der Waals surface area (Å²) in [5.41, 5.74) is 0.304. The number of rotatable bonds is 5. The number of carbonyl (C=O) groups excluding carboxylic acids is 4. The predicted molar refractivity (Wildman–Crippen MR) is 74.1 cm³/mol. The van der Waals surface area contributed by atoms with Gasteiger partial charge in [-0.2, -0.15) is 5.06 Å². The number of β-lactam (4-membered cyclic amide) rings is 1. The number of aliphatic hydroxyl groups is 1. The average Bonchev–Trinajstić information content (AvgIpc) is 2.52. The van der Waals surface area contributed by atoms with E-state index in [1.807, 2.05) is 0 Å². The summed E-state index contributed by atoms with van der Waals surface area (Å²) in [6.45, 7) is 1.39. The first-order chi connectivity index (χ1) is 10.5. The number of hydroxylamine groups is 2. The molecule has 1 amide bonds. The van der Waals surface area contributed by atoms with Crippen LogP contribution >= 0.6 is 11.8 Å². The number of nitrogens with zero attached hydrogens (tertiary/aromatic N) is 2. The average molecular weight is 324 g/mol. The lowest BCUT2D eigenvalue weighted by Gasteiger charge is -2.44. The van der Waals surface area contributed by atoms with Crippen LogP contribution in [-0.2, 0) is 19.2 Å². The first-order valence-electron chi connectivity index (χ1n) is 6.25. The van der Waals surface area contributed by atoms with Crippen molar-refractivity contribution in [3.63, 3.8) is 0 Å². The smallest absolute Gasteiger partial charge is 0.392 e. The third-order valence-corrected chi connectivity index (χ3v) is 4.15. The molecule has 2 heterocycles. The molecule has 0 radical (unpaired) electrons. The predicted octanol–water partition coefficient (Wildman–Crippen LogP) is -0.223. The summed E-state index contributed by atoms with van der Waals surface area (Å²) in [5, 5.41) is 8.94. The number of aldehydes is 1. The molecule has 0 bridgehead atoms. The van der Waals surface area contributed by atoms with Gasteiger partial charge in [0.15, 0.2) is 0 Å². The van der Waals surface area contributed by atoms with Crippen molar-refractivity contribution in [1.82, 2.24) is 10.0 Å². The topological polar surface area (TPSA) is 114 Å². The highest BCUT2D eigenvalue weighted by atomic mass is 32.2. The highest BCUT2D eigenvalue weighted by Gasteiger charge is 2.54. The maximum absolute atomic E-state index is 12.1. The number of thioether (sulfide) groups is 1. The van der Waals surface area contributed by atoms with E-state index in [0.717, 1.165) is 0 Å². The number of amides is 1. The van der Waals surface area contributed by atoms with Crippen molar-refractivity contribution in [2.24, 2.45) is 5.92 Å². The summed E-state index contributed by atoms with van der Waals surface area (Å²) < 4.78 is 0. The molecule has 22 heavy (non-hydrogen) atoms. The van der Waals surface area contributed by atoms with E-state index in [2.05, 4.69) is 9.82 Å². The van der Waals surface area contributed by atoms with E-state index in [1.54, 1.807) is 12.1 Å². The largest absolute Gasteiger partial charge is 0.395 e. The highest BCUT2D eigenvalue weighted by molar-refractivity contribution is 8.14. The molecule has 1 aromatic heterocycles. The van der Waals surface area contributed by atoms with Crippen molar-refractivity contribution < 1.29 is 29.1 Å². The third kappa shape index (κ3) is 3.15. The van der Waals surface area contributed by atoms with Crippen LogP contribution in [0, 0.1) is 5.92 Å². The standard InChI is InChI=1S/C13H12N2O6S/c1-7(17)10-11(19)15(21-9(18)6-16)12(10)22-13(20)8-3-2-4-14-5-8/h2-7,10,12,17H,1H3/t7-,10+,12-/m1/s1. The Kier molecular flexibility index (Phi) is 4.88. The Morgan fingerprint density at radius 3 is 2.82 bits per heavy atom. The van der Waals surface area contributed by atoms with Gasteiger partial charge in [0.2, 0.25) is 11.4 Å². The Morgan fingerprint density at radius 2 is 2.27 bits per heavy atom. The lowest BCUT2D eigenvalue weighted by molar-refractivity contribution is -0.230. The first-order valence-corrected chi connectivity index (χ1v) is 7.13. The molecule has 1 aliphatic heterocycles. The van der Waals surface area contributed by atoms with Gasteiger partial charge < -0.3 is 9.94 Å². The molecule has 9 heteroatoms. The molecule has 2 rings (SSSR count). The molecule has 1 saturated heterocycles. The molecule has 1 fully saturated rings. The van der Waals surface area contributed by atoms with Crippen molar-refractivity contribution in [3.8, 4) is 0 Å². The van der Waals surface area contributed by atoms with Crippen LogP contribution in [0.2, 0.25) is 0 Å². The summed E-state index contributed by atoms with van der Waals surface area (Å²) in [5.74, 6) is -2.82. The molecule has 0 saturated carbocycles. The second-order valence-electron chi connectivity index (χ2n) is 4.50. The Labute approximate surface area is 129 Å². The van der Waals surface area contributed by atoms with Crippen molar-refractivity contribution in [1.29, 1.82) is 0 Å². The minimum atomic E-state index is -1.25. The summed E-state index contributed by atoms with van der Waals surface area (Å²) in [4.78, 5) is 53.6. The van der Waals surface area contributed by atoms with Gasteiger partial charge in [0.25, 0.3) is 5.91 Å². The number of aromatic nitrogens is 1. The molecule has 116 valence electrons. The zero-order valence-electron chi connectivity index (χ0n) is 11.4. The van der Waals surface area contributed by atoms with Crippen LogP contribution in [0.3, 0.4) is 0 Å². The Bertz CT molecular complexity index is 606. The number of carbonyl (C=O) groups is 4. The fourth-order valence-electron chi connectivity index (χ4n) is 1.90. The van der Waals surface area contributed by atoms with Crippen LogP contribution in [0.25, 0.3) is 0 Å². The SMILES string of the molecule is C[C@@H](O)[C@H]1C(=O)N(OC(=O)C=O)[C@@H]1SC(=O)c1cccnc1. The maximum Gasteiger partial charge on any atom is 0.395 e. The summed E-state index contributed by atoms with van der Waals surface area (Å²) in [6, 6.07) is 3.12. The molecule has 3 atom stereocenters. The third-order valence-electron chi connectivity index (χ3n) is 2.97. The summed E-state index contributed by atoms with van der Waals surface area (Å²) in [6.07, 6.45) is 1.74. The second-order valence-corrected chi connectivity index (χ2v) is 5.59. The van der Waals surface area contributed by atoms with Gasteiger partial charge >= 0.3 is 5.97 Å². The monoisotopic (exact) mass is 324 g/mol. The van der Waals surface area contributed by atoms with E-state index in [1.165, 1.54) is 19.3 Å². The summed E-state index contributed by atoms with van der Waals surface area (Å²) in [7, 11) is 0. The zero-order valence-corrected chi connectivity index (χ0v) is 12.2. The van der Waals surface area contributed by atoms with Gasteiger partial charge in [0.05, 0.1) is 6.10 Å². The minimum Gasteiger partial charge on any atom is -0.392 e. The maximum atomic E-state index is 12.1. The molecular weight excluding hydrogens is 312 g/mol.